The van der Waals surface area contributed by atoms with Crippen LogP contribution in [0, 0.1) is 0 Å². The maximum Gasteiger partial charge on any atom is 0.335 e. The Morgan fingerprint density at radius 1 is 1.25 bits per heavy atom. The summed E-state index contributed by atoms with van der Waals surface area (Å²) >= 11 is 0. The van der Waals surface area contributed by atoms with Crippen molar-refractivity contribution < 1.29 is 14.7 Å². The van der Waals surface area contributed by atoms with Crippen molar-refractivity contribution in [2.24, 2.45) is 0 Å². The SMILES string of the molecule is CCN(C(=O)N(C)Cc1ccc(C(=O)O)cc1)C1CC1. The summed E-state index contributed by atoms with van der Waals surface area (Å²) in [6.45, 7) is 3.21. The van der Waals surface area contributed by atoms with Crippen LogP contribution in [0.5, 0.6) is 0 Å². The summed E-state index contributed by atoms with van der Waals surface area (Å²) in [5.74, 6) is -0.938. The van der Waals surface area contributed by atoms with Gasteiger partial charge in [0.05, 0.1) is 5.56 Å². The van der Waals surface area contributed by atoms with Crippen LogP contribution in [-0.2, 0) is 6.54 Å². The molecule has 0 radical (unpaired) electrons. The average Bonchev–Trinajstić information content (AvgIpc) is 3.24. The Balaban J connectivity index is 1.97. The Bertz CT molecular complexity index is 494. The first-order chi connectivity index (χ1) is 9.52. The normalized spacial score (nSPS) is 13.9. The highest BCUT2D eigenvalue weighted by molar-refractivity contribution is 5.87. The molecular formula is C15H20N2O3. The molecular weight excluding hydrogens is 256 g/mol. The number of hydrogen-bond acceptors (Lipinski definition) is 2. The number of benzene rings is 1. The van der Waals surface area contributed by atoms with Gasteiger partial charge in [0, 0.05) is 26.2 Å². The highest BCUT2D eigenvalue weighted by Crippen LogP contribution is 2.27. The lowest BCUT2D eigenvalue weighted by molar-refractivity contribution is 0.0696. The van der Waals surface area contributed by atoms with Crippen molar-refractivity contribution in [3.63, 3.8) is 0 Å². The van der Waals surface area contributed by atoms with E-state index in [1.54, 1.807) is 36.2 Å². The van der Waals surface area contributed by atoms with Gasteiger partial charge in [-0.3, -0.25) is 0 Å². The van der Waals surface area contributed by atoms with Crippen molar-refractivity contribution in [2.45, 2.75) is 32.4 Å². The summed E-state index contributed by atoms with van der Waals surface area (Å²) in [5, 5.41) is 8.85. The van der Waals surface area contributed by atoms with Gasteiger partial charge in [0.15, 0.2) is 0 Å². The molecule has 0 heterocycles. The minimum absolute atomic E-state index is 0.0392. The van der Waals surface area contributed by atoms with Crippen molar-refractivity contribution in [1.29, 1.82) is 0 Å². The number of rotatable bonds is 5. The maximum absolute atomic E-state index is 12.3. The van der Waals surface area contributed by atoms with E-state index in [1.807, 2.05) is 11.8 Å². The van der Waals surface area contributed by atoms with Gasteiger partial charge < -0.3 is 14.9 Å². The molecule has 1 aliphatic rings. The van der Waals surface area contributed by atoms with Crippen LogP contribution < -0.4 is 0 Å². The highest BCUT2D eigenvalue weighted by Gasteiger charge is 2.32. The Morgan fingerprint density at radius 3 is 2.30 bits per heavy atom. The smallest absolute Gasteiger partial charge is 0.335 e. The summed E-state index contributed by atoms with van der Waals surface area (Å²) in [4.78, 5) is 26.6. The standard InChI is InChI=1S/C15H20N2O3/c1-3-17(13-8-9-13)15(20)16(2)10-11-4-6-12(7-5-11)14(18)19/h4-7,13H,3,8-10H2,1-2H3,(H,18,19). The third-order valence-electron chi connectivity index (χ3n) is 3.52. The molecule has 1 N–H and O–H groups in total. The number of hydrogen-bond donors (Lipinski definition) is 1. The topological polar surface area (TPSA) is 60.9 Å². The molecule has 108 valence electrons. The van der Waals surface area contributed by atoms with E-state index in [-0.39, 0.29) is 11.6 Å². The first-order valence-electron chi connectivity index (χ1n) is 6.87. The molecule has 0 aliphatic heterocycles. The molecule has 5 heteroatoms. The first kappa shape index (κ1) is 14.4. The van der Waals surface area contributed by atoms with Gasteiger partial charge in [-0.2, -0.15) is 0 Å². The van der Waals surface area contributed by atoms with Crippen molar-refractivity contribution in [1.82, 2.24) is 9.80 Å². The minimum Gasteiger partial charge on any atom is -0.478 e. The zero-order valence-corrected chi connectivity index (χ0v) is 11.9. The van der Waals surface area contributed by atoms with Gasteiger partial charge in [-0.05, 0) is 37.5 Å². The van der Waals surface area contributed by atoms with Crippen LogP contribution in [0.15, 0.2) is 24.3 Å². The molecule has 0 bridgehead atoms. The fourth-order valence-electron chi connectivity index (χ4n) is 2.25. The Labute approximate surface area is 118 Å². The number of carboxylic acids is 1. The molecule has 2 amide bonds. The lowest BCUT2D eigenvalue weighted by Crippen LogP contribution is -2.42. The van der Waals surface area contributed by atoms with Gasteiger partial charge >= 0.3 is 12.0 Å². The second-order valence-corrected chi connectivity index (χ2v) is 5.16. The van der Waals surface area contributed by atoms with Crippen molar-refractivity contribution in [2.75, 3.05) is 13.6 Å². The molecule has 1 saturated carbocycles. The summed E-state index contributed by atoms with van der Waals surface area (Å²) in [6, 6.07) is 7.08. The lowest BCUT2D eigenvalue weighted by Gasteiger charge is -2.27. The van der Waals surface area contributed by atoms with Crippen LogP contribution in [0.1, 0.15) is 35.7 Å². The minimum atomic E-state index is -0.938. The Morgan fingerprint density at radius 2 is 1.85 bits per heavy atom. The van der Waals surface area contributed by atoms with E-state index in [0.29, 0.717) is 12.6 Å². The summed E-state index contributed by atoms with van der Waals surface area (Å²) < 4.78 is 0. The van der Waals surface area contributed by atoms with Crippen LogP contribution in [-0.4, -0.2) is 46.5 Å². The average molecular weight is 276 g/mol. The largest absolute Gasteiger partial charge is 0.478 e. The number of carbonyl (C=O) groups excluding carboxylic acids is 1. The van der Waals surface area contributed by atoms with Gasteiger partial charge in [-0.25, -0.2) is 9.59 Å². The highest BCUT2D eigenvalue weighted by atomic mass is 16.4. The molecule has 1 fully saturated rings. The van der Waals surface area contributed by atoms with E-state index in [9.17, 15) is 9.59 Å². The molecule has 0 saturated heterocycles. The number of nitrogens with zero attached hydrogens (tertiary/aromatic N) is 2. The lowest BCUT2D eigenvalue weighted by atomic mass is 10.1. The predicted octanol–water partition coefficient (Wildman–Crippen LogP) is 2.42. The quantitative estimate of drug-likeness (QED) is 0.898. The third kappa shape index (κ3) is 3.29. The maximum atomic E-state index is 12.3. The summed E-state index contributed by atoms with van der Waals surface area (Å²) in [7, 11) is 1.78. The van der Waals surface area contributed by atoms with Crippen molar-refractivity contribution in [3.8, 4) is 0 Å². The number of carboxylic acid groups (broad SMARTS) is 1. The monoisotopic (exact) mass is 276 g/mol. The van der Waals surface area contributed by atoms with Gasteiger partial charge in [0.25, 0.3) is 0 Å². The molecule has 5 nitrogen and oxygen atoms in total. The summed E-state index contributed by atoms with van der Waals surface area (Å²) in [5.41, 5.74) is 1.19. The van der Waals surface area contributed by atoms with Gasteiger partial charge in [0.1, 0.15) is 0 Å². The predicted molar refractivity (Wildman–Crippen MR) is 75.7 cm³/mol. The summed E-state index contributed by atoms with van der Waals surface area (Å²) in [6.07, 6.45) is 2.20. The van der Waals surface area contributed by atoms with E-state index >= 15 is 0 Å². The molecule has 0 spiro atoms. The number of urea groups is 1. The number of amides is 2. The van der Waals surface area contributed by atoms with Crippen LogP contribution in [0.3, 0.4) is 0 Å². The van der Waals surface area contributed by atoms with Gasteiger partial charge in [-0.1, -0.05) is 12.1 Å². The van der Waals surface area contributed by atoms with Crippen LogP contribution in [0.2, 0.25) is 0 Å². The zero-order chi connectivity index (χ0) is 14.7. The molecule has 0 aromatic heterocycles. The van der Waals surface area contributed by atoms with E-state index in [0.717, 1.165) is 24.9 Å². The van der Waals surface area contributed by atoms with E-state index in [2.05, 4.69) is 0 Å². The Kier molecular flexibility index (Phi) is 4.27. The van der Waals surface area contributed by atoms with Gasteiger partial charge in [-0.15, -0.1) is 0 Å². The molecule has 0 atom stereocenters. The Hall–Kier alpha value is -2.04. The molecule has 1 aliphatic carbocycles. The van der Waals surface area contributed by atoms with Crippen molar-refractivity contribution in [3.05, 3.63) is 35.4 Å². The molecule has 2 rings (SSSR count). The van der Waals surface area contributed by atoms with Crippen molar-refractivity contribution >= 4 is 12.0 Å². The van der Waals surface area contributed by atoms with Gasteiger partial charge in [0.2, 0.25) is 0 Å². The number of aromatic carboxylic acids is 1. The molecule has 1 aromatic rings. The van der Waals surface area contributed by atoms with E-state index in [1.165, 1.54) is 0 Å². The van der Waals surface area contributed by atoms with E-state index < -0.39 is 5.97 Å². The number of carbonyl (C=O) groups is 2. The zero-order valence-electron chi connectivity index (χ0n) is 11.9. The first-order valence-corrected chi connectivity index (χ1v) is 6.87. The fourth-order valence-corrected chi connectivity index (χ4v) is 2.25. The molecule has 20 heavy (non-hydrogen) atoms. The van der Waals surface area contributed by atoms with E-state index in [4.69, 9.17) is 5.11 Å². The second-order valence-electron chi connectivity index (χ2n) is 5.16. The van der Waals surface area contributed by atoms with Crippen LogP contribution >= 0.6 is 0 Å². The van der Waals surface area contributed by atoms with Crippen LogP contribution in [0.25, 0.3) is 0 Å². The van der Waals surface area contributed by atoms with Crippen LogP contribution in [0.4, 0.5) is 4.79 Å². The molecule has 0 unspecified atom stereocenters. The second kappa shape index (κ2) is 5.94. The molecule has 1 aromatic carbocycles. The fraction of sp³-hybridized carbons (Fsp3) is 0.467. The third-order valence-corrected chi connectivity index (χ3v) is 3.52.